The second kappa shape index (κ2) is 8.08. The van der Waals surface area contributed by atoms with Crippen LogP contribution in [0.15, 0.2) is 78.4 Å². The molecule has 0 unspecified atom stereocenters. The van der Waals surface area contributed by atoms with Crippen molar-refractivity contribution in [3.05, 3.63) is 112 Å². The van der Waals surface area contributed by atoms with Crippen molar-refractivity contribution in [1.29, 1.82) is 0 Å². The summed E-state index contributed by atoms with van der Waals surface area (Å²) in [6.07, 6.45) is 0.586. The number of hydrogen-bond donors (Lipinski definition) is 0. The lowest BCUT2D eigenvalue weighted by molar-refractivity contribution is -0.116. The number of ketones is 1. The molecule has 2 heteroatoms. The average molecular weight is 383 g/mol. The standard InChI is InChI=1S/C27H26O2/c1-18-8-6-10-21(14-18)16-25-26(28)20(3)23-12-4-5-13-24(23)27(25)29-17-22-11-7-9-19(2)15-22/h4-15,20H,16-17H2,1-3H3/t20-/m0/s1. The number of rotatable bonds is 5. The lowest BCUT2D eigenvalue weighted by atomic mass is 9.80. The van der Waals surface area contributed by atoms with Crippen molar-refractivity contribution in [2.45, 2.75) is 39.7 Å². The summed E-state index contributed by atoms with van der Waals surface area (Å²) >= 11 is 0. The van der Waals surface area contributed by atoms with Crippen molar-refractivity contribution in [2.75, 3.05) is 0 Å². The van der Waals surface area contributed by atoms with Gasteiger partial charge in [-0.1, -0.05) is 90.8 Å². The number of Topliss-reactive ketones (excluding diaryl/α,β-unsaturated/α-hetero) is 1. The smallest absolute Gasteiger partial charge is 0.170 e. The van der Waals surface area contributed by atoms with Crippen LogP contribution in [0.25, 0.3) is 5.76 Å². The Morgan fingerprint density at radius 2 is 1.48 bits per heavy atom. The van der Waals surface area contributed by atoms with E-state index in [9.17, 15) is 4.79 Å². The van der Waals surface area contributed by atoms with E-state index in [0.717, 1.165) is 33.6 Å². The van der Waals surface area contributed by atoms with E-state index in [1.54, 1.807) is 0 Å². The van der Waals surface area contributed by atoms with Crippen LogP contribution in [0.5, 0.6) is 0 Å². The molecule has 3 aromatic rings. The van der Waals surface area contributed by atoms with E-state index in [2.05, 4.69) is 56.3 Å². The zero-order valence-corrected chi connectivity index (χ0v) is 17.2. The van der Waals surface area contributed by atoms with Crippen molar-refractivity contribution >= 4 is 11.5 Å². The van der Waals surface area contributed by atoms with E-state index >= 15 is 0 Å². The van der Waals surface area contributed by atoms with Crippen LogP contribution in [-0.2, 0) is 22.6 Å². The van der Waals surface area contributed by atoms with Crippen LogP contribution < -0.4 is 0 Å². The van der Waals surface area contributed by atoms with Gasteiger partial charge in [-0.25, -0.2) is 0 Å². The molecule has 0 fully saturated rings. The molecule has 3 aromatic carbocycles. The van der Waals surface area contributed by atoms with Gasteiger partial charge < -0.3 is 4.74 Å². The van der Waals surface area contributed by atoms with Crippen molar-refractivity contribution < 1.29 is 9.53 Å². The van der Waals surface area contributed by atoms with Gasteiger partial charge in [-0.15, -0.1) is 0 Å². The predicted octanol–water partition coefficient (Wildman–Crippen LogP) is 6.16. The molecule has 1 atom stereocenters. The van der Waals surface area contributed by atoms with Gasteiger partial charge in [-0.3, -0.25) is 4.79 Å². The van der Waals surface area contributed by atoms with Crippen molar-refractivity contribution in [2.24, 2.45) is 0 Å². The summed E-state index contributed by atoms with van der Waals surface area (Å²) in [7, 11) is 0. The van der Waals surface area contributed by atoms with E-state index in [1.807, 2.05) is 37.3 Å². The maximum absolute atomic E-state index is 13.3. The third-order valence-electron chi connectivity index (χ3n) is 5.57. The molecule has 0 bridgehead atoms. The number of allylic oxidation sites excluding steroid dienone is 1. The molecule has 1 aliphatic rings. The molecule has 0 heterocycles. The third-order valence-corrected chi connectivity index (χ3v) is 5.57. The first kappa shape index (κ1) is 19.2. The topological polar surface area (TPSA) is 26.3 Å². The summed E-state index contributed by atoms with van der Waals surface area (Å²) < 4.78 is 6.34. The van der Waals surface area contributed by atoms with Gasteiger partial charge in [0.1, 0.15) is 12.4 Å². The number of fused-ring (bicyclic) bond motifs is 1. The highest BCUT2D eigenvalue weighted by Crippen LogP contribution is 2.38. The first-order chi connectivity index (χ1) is 14.0. The lowest BCUT2D eigenvalue weighted by Crippen LogP contribution is -2.22. The van der Waals surface area contributed by atoms with Crippen LogP contribution in [-0.4, -0.2) is 5.78 Å². The van der Waals surface area contributed by atoms with E-state index in [1.165, 1.54) is 11.1 Å². The highest BCUT2D eigenvalue weighted by atomic mass is 16.5. The summed E-state index contributed by atoms with van der Waals surface area (Å²) in [5, 5.41) is 0. The Hall–Kier alpha value is -3.13. The number of benzene rings is 3. The van der Waals surface area contributed by atoms with Crippen molar-refractivity contribution in [3.8, 4) is 0 Å². The molecule has 29 heavy (non-hydrogen) atoms. The molecule has 0 spiro atoms. The minimum absolute atomic E-state index is 0.155. The van der Waals surface area contributed by atoms with Crippen LogP contribution in [0.1, 0.15) is 46.2 Å². The third kappa shape index (κ3) is 4.02. The second-order valence-corrected chi connectivity index (χ2v) is 7.92. The van der Waals surface area contributed by atoms with Gasteiger partial charge in [-0.05, 0) is 30.5 Å². The fraction of sp³-hybridized carbons (Fsp3) is 0.222. The molecule has 2 nitrogen and oxygen atoms in total. The molecule has 0 aromatic heterocycles. The van der Waals surface area contributed by atoms with E-state index in [0.29, 0.717) is 13.0 Å². The first-order valence-corrected chi connectivity index (χ1v) is 10.1. The zero-order chi connectivity index (χ0) is 20.4. The fourth-order valence-electron chi connectivity index (χ4n) is 4.07. The highest BCUT2D eigenvalue weighted by molar-refractivity contribution is 6.08. The van der Waals surface area contributed by atoms with Crippen LogP contribution >= 0.6 is 0 Å². The normalized spacial score (nSPS) is 16.0. The number of carbonyl (C=O) groups is 1. The maximum atomic E-state index is 13.3. The minimum Gasteiger partial charge on any atom is -0.488 e. The average Bonchev–Trinajstić information content (AvgIpc) is 2.72. The molecule has 0 N–H and O–H groups in total. The van der Waals surface area contributed by atoms with Crippen molar-refractivity contribution in [1.82, 2.24) is 0 Å². The van der Waals surface area contributed by atoms with Crippen molar-refractivity contribution in [3.63, 3.8) is 0 Å². The molecule has 1 aliphatic carbocycles. The van der Waals surface area contributed by atoms with Gasteiger partial charge in [0.25, 0.3) is 0 Å². The Kier molecular flexibility index (Phi) is 5.35. The molecule has 146 valence electrons. The van der Waals surface area contributed by atoms with E-state index < -0.39 is 0 Å². The fourth-order valence-corrected chi connectivity index (χ4v) is 4.07. The molecule has 0 aliphatic heterocycles. The van der Waals surface area contributed by atoms with Gasteiger partial charge in [-0.2, -0.15) is 0 Å². The Morgan fingerprint density at radius 3 is 2.21 bits per heavy atom. The van der Waals surface area contributed by atoms with Gasteiger partial charge in [0.05, 0.1) is 0 Å². The minimum atomic E-state index is -0.155. The highest BCUT2D eigenvalue weighted by Gasteiger charge is 2.32. The van der Waals surface area contributed by atoms with Crippen LogP contribution in [0.3, 0.4) is 0 Å². The molecule has 0 saturated carbocycles. The Bertz CT molecular complexity index is 1090. The monoisotopic (exact) mass is 382 g/mol. The molecule has 0 amide bonds. The van der Waals surface area contributed by atoms with Crippen LogP contribution in [0.2, 0.25) is 0 Å². The largest absolute Gasteiger partial charge is 0.488 e. The number of hydrogen-bond acceptors (Lipinski definition) is 2. The molecule has 0 saturated heterocycles. The summed E-state index contributed by atoms with van der Waals surface area (Å²) in [6.45, 7) is 6.60. The predicted molar refractivity (Wildman–Crippen MR) is 118 cm³/mol. The van der Waals surface area contributed by atoms with Gasteiger partial charge in [0, 0.05) is 23.5 Å². The quantitative estimate of drug-likeness (QED) is 0.528. The number of carbonyl (C=O) groups excluding carboxylic acids is 1. The molecular formula is C27H26O2. The number of aryl methyl sites for hydroxylation is 2. The zero-order valence-electron chi connectivity index (χ0n) is 17.2. The summed E-state index contributed by atoms with van der Waals surface area (Å²) in [6, 6.07) is 24.8. The summed E-state index contributed by atoms with van der Waals surface area (Å²) in [4.78, 5) is 13.3. The SMILES string of the molecule is Cc1cccc(COC2=C(Cc3cccc(C)c3)C(=O)[C@@H](C)c3ccccc32)c1. The second-order valence-electron chi connectivity index (χ2n) is 7.92. The van der Waals surface area contributed by atoms with E-state index in [-0.39, 0.29) is 11.7 Å². The Morgan fingerprint density at radius 1 is 0.828 bits per heavy atom. The van der Waals surface area contributed by atoms with Crippen LogP contribution in [0.4, 0.5) is 0 Å². The van der Waals surface area contributed by atoms with Gasteiger partial charge in [0.15, 0.2) is 5.78 Å². The maximum Gasteiger partial charge on any atom is 0.170 e. The Balaban J connectivity index is 1.76. The number of ether oxygens (including phenoxy) is 1. The lowest BCUT2D eigenvalue weighted by Gasteiger charge is -2.27. The molecule has 0 radical (unpaired) electrons. The van der Waals surface area contributed by atoms with Crippen LogP contribution in [0, 0.1) is 13.8 Å². The summed E-state index contributed by atoms with van der Waals surface area (Å²) in [5.74, 6) is 0.730. The molecule has 4 rings (SSSR count). The van der Waals surface area contributed by atoms with E-state index in [4.69, 9.17) is 4.74 Å². The van der Waals surface area contributed by atoms with Gasteiger partial charge in [0.2, 0.25) is 0 Å². The first-order valence-electron chi connectivity index (χ1n) is 10.1. The summed E-state index contributed by atoms with van der Waals surface area (Å²) in [5.41, 5.74) is 7.50. The van der Waals surface area contributed by atoms with Gasteiger partial charge >= 0.3 is 0 Å². The molecular weight excluding hydrogens is 356 g/mol. The Labute approximate surface area is 172 Å².